The molecule has 0 aliphatic carbocycles. The number of carbonyl (C=O) groups is 1. The zero-order chi connectivity index (χ0) is 12.8. The van der Waals surface area contributed by atoms with Gasteiger partial charge in [-0.05, 0) is 38.1 Å². The van der Waals surface area contributed by atoms with Gasteiger partial charge in [0.2, 0.25) is 0 Å². The normalized spacial score (nSPS) is 10.3. The molecule has 0 aromatic heterocycles. The highest BCUT2D eigenvalue weighted by Crippen LogP contribution is 2.13. The number of benzene rings is 1. The number of carboxylic acid groups (broad SMARTS) is 1. The van der Waals surface area contributed by atoms with Crippen LogP contribution in [-0.4, -0.2) is 35.3 Å². The Bertz CT molecular complexity index is 363. The summed E-state index contributed by atoms with van der Waals surface area (Å²) in [5.74, 6) is 0.688. The van der Waals surface area contributed by atoms with Crippen LogP contribution in [0.3, 0.4) is 0 Å². The van der Waals surface area contributed by atoms with Crippen molar-refractivity contribution in [1.29, 1.82) is 0 Å². The molecular formula is C12H18N2O3. The largest absolute Gasteiger partial charge is 0.492 e. The minimum atomic E-state index is -0.930. The molecule has 94 valence electrons. The average molecular weight is 238 g/mol. The number of ether oxygens (including phenoxy) is 1. The quantitative estimate of drug-likeness (QED) is 0.770. The molecule has 0 radical (unpaired) electrons. The van der Waals surface area contributed by atoms with Gasteiger partial charge in [0, 0.05) is 11.7 Å². The SMILES string of the molecule is CC(C)N(CCOc1ccc(N)cc1)C(=O)O. The lowest BCUT2D eigenvalue weighted by molar-refractivity contribution is 0.121. The molecule has 5 heteroatoms. The third-order valence-electron chi connectivity index (χ3n) is 2.35. The fourth-order valence-electron chi connectivity index (χ4n) is 1.40. The van der Waals surface area contributed by atoms with E-state index < -0.39 is 6.09 Å². The Morgan fingerprint density at radius 1 is 1.41 bits per heavy atom. The Kier molecular flexibility index (Phi) is 4.63. The van der Waals surface area contributed by atoms with E-state index in [1.165, 1.54) is 4.90 Å². The van der Waals surface area contributed by atoms with Crippen LogP contribution in [0.4, 0.5) is 10.5 Å². The van der Waals surface area contributed by atoms with E-state index in [9.17, 15) is 4.79 Å². The predicted molar refractivity (Wildman–Crippen MR) is 66.2 cm³/mol. The van der Waals surface area contributed by atoms with Crippen molar-refractivity contribution in [2.45, 2.75) is 19.9 Å². The van der Waals surface area contributed by atoms with Crippen molar-refractivity contribution >= 4 is 11.8 Å². The first-order valence-corrected chi connectivity index (χ1v) is 5.48. The van der Waals surface area contributed by atoms with Gasteiger partial charge in [0.05, 0.1) is 6.54 Å². The molecule has 17 heavy (non-hydrogen) atoms. The summed E-state index contributed by atoms with van der Waals surface area (Å²) < 4.78 is 5.43. The molecule has 1 amide bonds. The van der Waals surface area contributed by atoms with Crippen LogP contribution in [0.1, 0.15) is 13.8 Å². The lowest BCUT2D eigenvalue weighted by Gasteiger charge is -2.23. The molecule has 1 aromatic carbocycles. The fraction of sp³-hybridized carbons (Fsp3) is 0.417. The van der Waals surface area contributed by atoms with Crippen LogP contribution in [0.2, 0.25) is 0 Å². The molecule has 5 nitrogen and oxygen atoms in total. The van der Waals surface area contributed by atoms with E-state index in [4.69, 9.17) is 15.6 Å². The molecule has 0 fully saturated rings. The second-order valence-corrected chi connectivity index (χ2v) is 3.99. The molecule has 1 aromatic rings. The van der Waals surface area contributed by atoms with Gasteiger partial charge in [0.25, 0.3) is 0 Å². The molecule has 0 spiro atoms. The number of nitrogens with two attached hydrogens (primary N) is 1. The van der Waals surface area contributed by atoms with Crippen LogP contribution >= 0.6 is 0 Å². The van der Waals surface area contributed by atoms with Crippen LogP contribution < -0.4 is 10.5 Å². The third-order valence-corrected chi connectivity index (χ3v) is 2.35. The minimum absolute atomic E-state index is 0.0532. The molecule has 0 heterocycles. The van der Waals surface area contributed by atoms with Gasteiger partial charge in [-0.1, -0.05) is 0 Å². The van der Waals surface area contributed by atoms with Crippen LogP contribution in [0.15, 0.2) is 24.3 Å². The number of anilines is 1. The van der Waals surface area contributed by atoms with Crippen molar-refractivity contribution in [3.05, 3.63) is 24.3 Å². The van der Waals surface area contributed by atoms with Crippen molar-refractivity contribution in [1.82, 2.24) is 4.90 Å². The highest BCUT2D eigenvalue weighted by atomic mass is 16.5. The minimum Gasteiger partial charge on any atom is -0.492 e. The molecule has 0 bridgehead atoms. The number of rotatable bonds is 5. The molecule has 0 unspecified atom stereocenters. The van der Waals surface area contributed by atoms with E-state index in [-0.39, 0.29) is 6.04 Å². The van der Waals surface area contributed by atoms with E-state index in [2.05, 4.69) is 0 Å². The summed E-state index contributed by atoms with van der Waals surface area (Å²) in [6.07, 6.45) is -0.930. The van der Waals surface area contributed by atoms with E-state index in [0.29, 0.717) is 24.6 Å². The first kappa shape index (κ1) is 13.2. The molecule has 0 aliphatic heterocycles. The molecule has 0 aliphatic rings. The molecule has 0 saturated carbocycles. The van der Waals surface area contributed by atoms with Gasteiger partial charge in [0.1, 0.15) is 12.4 Å². The summed E-state index contributed by atoms with van der Waals surface area (Å²) in [7, 11) is 0. The summed E-state index contributed by atoms with van der Waals surface area (Å²) in [4.78, 5) is 12.2. The number of hydrogen-bond acceptors (Lipinski definition) is 3. The molecule has 0 atom stereocenters. The molecule has 0 saturated heterocycles. The second kappa shape index (κ2) is 5.98. The Balaban J connectivity index is 2.41. The van der Waals surface area contributed by atoms with Gasteiger partial charge in [-0.3, -0.25) is 0 Å². The third kappa shape index (κ3) is 4.22. The Hall–Kier alpha value is -1.91. The second-order valence-electron chi connectivity index (χ2n) is 3.99. The molecule has 1 rings (SSSR count). The van der Waals surface area contributed by atoms with Crippen molar-refractivity contribution < 1.29 is 14.6 Å². The summed E-state index contributed by atoms with van der Waals surface area (Å²) in [5.41, 5.74) is 6.21. The topological polar surface area (TPSA) is 75.8 Å². The smallest absolute Gasteiger partial charge is 0.407 e. The van der Waals surface area contributed by atoms with Crippen LogP contribution in [0, 0.1) is 0 Å². The van der Waals surface area contributed by atoms with Crippen LogP contribution in [0.25, 0.3) is 0 Å². The monoisotopic (exact) mass is 238 g/mol. The highest BCUT2D eigenvalue weighted by Gasteiger charge is 2.14. The lowest BCUT2D eigenvalue weighted by atomic mass is 10.3. The van der Waals surface area contributed by atoms with Crippen LogP contribution in [-0.2, 0) is 0 Å². The van der Waals surface area contributed by atoms with Gasteiger partial charge < -0.3 is 20.5 Å². The average Bonchev–Trinajstić information content (AvgIpc) is 2.25. The van der Waals surface area contributed by atoms with E-state index in [1.54, 1.807) is 24.3 Å². The zero-order valence-electron chi connectivity index (χ0n) is 10.1. The summed E-state index contributed by atoms with van der Waals surface area (Å²) in [6.45, 7) is 4.33. The Morgan fingerprint density at radius 3 is 2.47 bits per heavy atom. The standard InChI is InChI=1S/C12H18N2O3/c1-9(2)14(12(15)16)7-8-17-11-5-3-10(13)4-6-11/h3-6,9H,7-8,13H2,1-2H3,(H,15,16). The first-order valence-electron chi connectivity index (χ1n) is 5.48. The van der Waals surface area contributed by atoms with Crippen molar-refractivity contribution in [2.24, 2.45) is 0 Å². The van der Waals surface area contributed by atoms with Gasteiger partial charge in [-0.15, -0.1) is 0 Å². The maximum atomic E-state index is 10.9. The predicted octanol–water partition coefficient (Wildman–Crippen LogP) is 2.04. The van der Waals surface area contributed by atoms with Crippen LogP contribution in [0.5, 0.6) is 5.75 Å². The number of nitrogens with zero attached hydrogens (tertiary/aromatic N) is 1. The van der Waals surface area contributed by atoms with E-state index in [0.717, 1.165) is 0 Å². The lowest BCUT2D eigenvalue weighted by Crippen LogP contribution is -2.38. The first-order chi connectivity index (χ1) is 8.00. The molecule has 3 N–H and O–H groups in total. The molecular weight excluding hydrogens is 220 g/mol. The van der Waals surface area contributed by atoms with E-state index >= 15 is 0 Å². The Labute approximate surface area is 101 Å². The number of nitrogen functional groups attached to an aromatic ring is 1. The van der Waals surface area contributed by atoms with Crippen molar-refractivity contribution in [3.63, 3.8) is 0 Å². The van der Waals surface area contributed by atoms with Gasteiger partial charge in [-0.25, -0.2) is 4.79 Å². The van der Waals surface area contributed by atoms with Crippen molar-refractivity contribution in [3.8, 4) is 5.75 Å². The van der Waals surface area contributed by atoms with Gasteiger partial charge in [-0.2, -0.15) is 0 Å². The summed E-state index contributed by atoms with van der Waals surface area (Å²) in [5, 5.41) is 8.93. The van der Waals surface area contributed by atoms with Gasteiger partial charge in [0.15, 0.2) is 0 Å². The summed E-state index contributed by atoms with van der Waals surface area (Å²) >= 11 is 0. The number of amides is 1. The van der Waals surface area contributed by atoms with Crippen molar-refractivity contribution in [2.75, 3.05) is 18.9 Å². The number of hydrogen-bond donors (Lipinski definition) is 2. The van der Waals surface area contributed by atoms with E-state index in [1.807, 2.05) is 13.8 Å². The maximum Gasteiger partial charge on any atom is 0.407 e. The zero-order valence-corrected chi connectivity index (χ0v) is 10.1. The highest BCUT2D eigenvalue weighted by molar-refractivity contribution is 5.65. The summed E-state index contributed by atoms with van der Waals surface area (Å²) in [6, 6.07) is 6.95. The fourth-order valence-corrected chi connectivity index (χ4v) is 1.40. The van der Waals surface area contributed by atoms with Gasteiger partial charge >= 0.3 is 6.09 Å². The maximum absolute atomic E-state index is 10.9. The Morgan fingerprint density at radius 2 is 2.00 bits per heavy atom.